The van der Waals surface area contributed by atoms with Gasteiger partial charge in [0.25, 0.3) is 6.43 Å². The Kier molecular flexibility index (Phi) is 10.4. The van der Waals surface area contributed by atoms with Crippen molar-refractivity contribution in [1.29, 1.82) is 0 Å². The summed E-state index contributed by atoms with van der Waals surface area (Å²) in [4.78, 5) is 30.6. The molecule has 0 radical (unpaired) electrons. The molecule has 48 heavy (non-hydrogen) atoms. The first-order valence-electron chi connectivity index (χ1n) is 15.4. The third-order valence-corrected chi connectivity index (χ3v) is 8.23. The molecular weight excluding hydrogens is 625 g/mol. The van der Waals surface area contributed by atoms with Gasteiger partial charge in [-0.05, 0) is 92.3 Å². The molecule has 1 amide bonds. The molecule has 13 heteroatoms. The van der Waals surface area contributed by atoms with E-state index in [-0.39, 0.29) is 41.2 Å². The number of aryl methyl sites for hydroxylation is 1. The number of anilines is 1. The summed E-state index contributed by atoms with van der Waals surface area (Å²) in [6.45, 7) is 7.11. The van der Waals surface area contributed by atoms with Crippen molar-refractivity contribution < 1.29 is 32.2 Å². The molecule has 5 rings (SSSR count). The maximum absolute atomic E-state index is 14.2. The highest BCUT2D eigenvalue weighted by Crippen LogP contribution is 2.38. The van der Waals surface area contributed by atoms with Crippen LogP contribution in [0.5, 0.6) is 11.5 Å². The van der Waals surface area contributed by atoms with E-state index in [2.05, 4.69) is 16.7 Å². The van der Waals surface area contributed by atoms with Crippen LogP contribution in [0.3, 0.4) is 0 Å². The van der Waals surface area contributed by atoms with Gasteiger partial charge in [0.05, 0.1) is 29.7 Å². The monoisotopic (exact) mass is 662 g/mol. The predicted molar refractivity (Wildman–Crippen MR) is 177 cm³/mol. The molecule has 5 N–H and O–H groups in total. The second kappa shape index (κ2) is 14.6. The van der Waals surface area contributed by atoms with Crippen molar-refractivity contribution in [3.05, 3.63) is 101 Å². The number of aromatic nitrogens is 3. The van der Waals surface area contributed by atoms with Crippen molar-refractivity contribution in [2.45, 2.75) is 39.0 Å². The minimum absolute atomic E-state index is 0.00804. The number of hydrogen-bond donors (Lipinski definition) is 3. The highest BCUT2D eigenvalue weighted by atomic mass is 19.3. The Labute approximate surface area is 275 Å². The lowest BCUT2D eigenvalue weighted by atomic mass is 9.88. The first-order chi connectivity index (χ1) is 23.0. The molecule has 1 saturated heterocycles. The van der Waals surface area contributed by atoms with Crippen molar-refractivity contribution in [3.63, 3.8) is 0 Å². The molecule has 1 aliphatic heterocycles. The number of H-pyrrole nitrogens is 1. The van der Waals surface area contributed by atoms with Gasteiger partial charge in [0.1, 0.15) is 23.9 Å². The SMILES string of the molecule is C=C/C(F)=C(\C=C/C)Oc1ccc(-n2ncc(C(=O)c3cc4cc(OCC(F)F)c(C5CCN(C(=O)CN)CC5)cc4[nH]3)c2N)c(C)c1. The largest absolute Gasteiger partial charge is 0.487 e. The lowest BCUT2D eigenvalue weighted by Crippen LogP contribution is -2.41. The summed E-state index contributed by atoms with van der Waals surface area (Å²) in [7, 11) is 0. The minimum Gasteiger partial charge on any atom is -0.487 e. The van der Waals surface area contributed by atoms with E-state index in [4.69, 9.17) is 20.9 Å². The summed E-state index contributed by atoms with van der Waals surface area (Å²) < 4.78 is 53.1. The summed E-state index contributed by atoms with van der Waals surface area (Å²) in [6, 6.07) is 10.1. The van der Waals surface area contributed by atoms with E-state index in [1.165, 1.54) is 17.0 Å². The van der Waals surface area contributed by atoms with Crippen LogP contribution in [0, 0.1) is 6.92 Å². The van der Waals surface area contributed by atoms with Crippen LogP contribution in [0.4, 0.5) is 19.0 Å². The van der Waals surface area contributed by atoms with Crippen molar-refractivity contribution in [3.8, 4) is 17.2 Å². The molecule has 0 saturated carbocycles. The number of ether oxygens (including phenoxy) is 2. The summed E-state index contributed by atoms with van der Waals surface area (Å²) >= 11 is 0. The lowest BCUT2D eigenvalue weighted by molar-refractivity contribution is -0.130. The molecule has 3 heterocycles. The minimum atomic E-state index is -2.67. The highest BCUT2D eigenvalue weighted by molar-refractivity contribution is 6.12. The number of halogens is 3. The van der Waals surface area contributed by atoms with Crippen molar-refractivity contribution in [1.82, 2.24) is 19.7 Å². The molecule has 0 aliphatic carbocycles. The summed E-state index contributed by atoms with van der Waals surface area (Å²) in [5, 5.41) is 4.96. The van der Waals surface area contributed by atoms with Crippen LogP contribution < -0.4 is 20.9 Å². The van der Waals surface area contributed by atoms with Crippen molar-refractivity contribution in [2.75, 3.05) is 32.0 Å². The fourth-order valence-corrected chi connectivity index (χ4v) is 5.81. The zero-order chi connectivity index (χ0) is 34.5. The van der Waals surface area contributed by atoms with Crippen LogP contribution >= 0.6 is 0 Å². The number of hydrogen-bond acceptors (Lipinski definition) is 7. The second-order valence-electron chi connectivity index (χ2n) is 11.4. The van der Waals surface area contributed by atoms with E-state index in [0.29, 0.717) is 59.6 Å². The smallest absolute Gasteiger partial charge is 0.272 e. The van der Waals surface area contributed by atoms with E-state index in [0.717, 1.165) is 11.6 Å². The molecule has 10 nitrogen and oxygen atoms in total. The Balaban J connectivity index is 1.41. The second-order valence-corrected chi connectivity index (χ2v) is 11.4. The van der Waals surface area contributed by atoms with Gasteiger partial charge >= 0.3 is 0 Å². The number of rotatable bonds is 12. The van der Waals surface area contributed by atoms with Gasteiger partial charge in [-0.2, -0.15) is 5.10 Å². The van der Waals surface area contributed by atoms with Crippen LogP contribution in [-0.4, -0.2) is 64.0 Å². The number of fused-ring (bicyclic) bond motifs is 1. The average Bonchev–Trinajstić information content (AvgIpc) is 3.68. The number of likely N-dealkylation sites (tertiary alicyclic amines) is 1. The van der Waals surface area contributed by atoms with Gasteiger partial charge in [-0.3, -0.25) is 9.59 Å². The Morgan fingerprint density at radius 1 is 1.19 bits per heavy atom. The van der Waals surface area contributed by atoms with Gasteiger partial charge in [0.2, 0.25) is 11.7 Å². The van der Waals surface area contributed by atoms with E-state index in [9.17, 15) is 22.8 Å². The van der Waals surface area contributed by atoms with E-state index in [1.54, 1.807) is 55.2 Å². The van der Waals surface area contributed by atoms with Gasteiger partial charge in [-0.1, -0.05) is 12.7 Å². The number of carbonyl (C=O) groups is 2. The molecule has 1 fully saturated rings. The third-order valence-electron chi connectivity index (χ3n) is 8.23. The van der Waals surface area contributed by atoms with Gasteiger partial charge in [-0.25, -0.2) is 17.9 Å². The molecule has 1 aliphatic rings. The van der Waals surface area contributed by atoms with Crippen LogP contribution in [0.25, 0.3) is 16.6 Å². The molecule has 252 valence electrons. The van der Waals surface area contributed by atoms with Crippen molar-refractivity contribution in [2.24, 2.45) is 5.73 Å². The van der Waals surface area contributed by atoms with Gasteiger partial charge in [0, 0.05) is 24.0 Å². The quantitative estimate of drug-likeness (QED) is 0.0945. The van der Waals surface area contributed by atoms with E-state index < -0.39 is 24.6 Å². The number of nitrogens with two attached hydrogens (primary N) is 2. The molecular formula is C35H37F3N6O4. The zero-order valence-corrected chi connectivity index (χ0v) is 26.6. The molecule has 4 aromatic rings. The summed E-state index contributed by atoms with van der Waals surface area (Å²) in [5.74, 6) is -0.419. The number of benzene rings is 2. The van der Waals surface area contributed by atoms with E-state index in [1.807, 2.05) is 6.07 Å². The number of aromatic amines is 1. The Morgan fingerprint density at radius 3 is 2.58 bits per heavy atom. The van der Waals surface area contributed by atoms with Crippen LogP contribution in [0.2, 0.25) is 0 Å². The van der Waals surface area contributed by atoms with Crippen LogP contribution in [0.1, 0.15) is 52.9 Å². The van der Waals surface area contributed by atoms with Gasteiger partial charge in [0.15, 0.2) is 11.6 Å². The fourth-order valence-electron chi connectivity index (χ4n) is 5.81. The Bertz CT molecular complexity index is 1900. The van der Waals surface area contributed by atoms with Crippen LogP contribution in [0.15, 0.2) is 79.0 Å². The number of amides is 1. The Morgan fingerprint density at radius 2 is 1.94 bits per heavy atom. The zero-order valence-electron chi connectivity index (χ0n) is 26.6. The number of nitrogen functional groups attached to an aromatic ring is 1. The lowest BCUT2D eigenvalue weighted by Gasteiger charge is -2.32. The van der Waals surface area contributed by atoms with E-state index >= 15 is 0 Å². The van der Waals surface area contributed by atoms with Gasteiger partial charge in [-0.15, -0.1) is 0 Å². The predicted octanol–water partition coefficient (Wildman–Crippen LogP) is 6.11. The number of allylic oxidation sites excluding steroid dienone is 4. The maximum atomic E-state index is 14.2. The molecule has 0 unspecified atom stereocenters. The normalized spacial score (nSPS) is 14.5. The number of carbonyl (C=O) groups excluding carboxylic acids is 2. The number of nitrogens with one attached hydrogen (secondary N) is 1. The molecule has 0 spiro atoms. The number of ketones is 1. The average molecular weight is 663 g/mol. The van der Waals surface area contributed by atoms with Crippen molar-refractivity contribution >= 4 is 28.4 Å². The third kappa shape index (κ3) is 7.15. The van der Waals surface area contributed by atoms with Crippen LogP contribution in [-0.2, 0) is 4.79 Å². The molecule has 2 aromatic carbocycles. The molecule has 2 aromatic heterocycles. The first kappa shape index (κ1) is 34.0. The molecule has 0 bridgehead atoms. The highest BCUT2D eigenvalue weighted by Gasteiger charge is 2.27. The summed E-state index contributed by atoms with van der Waals surface area (Å²) in [6.07, 6.45) is 4.12. The molecule has 0 atom stereocenters. The topological polar surface area (TPSA) is 141 Å². The summed E-state index contributed by atoms with van der Waals surface area (Å²) in [5.41, 5.74) is 15.0. The first-order valence-corrected chi connectivity index (χ1v) is 15.4. The fraction of sp³-hybridized carbons (Fsp3) is 0.286. The maximum Gasteiger partial charge on any atom is 0.272 e. The number of nitrogens with zero attached hydrogens (tertiary/aromatic N) is 3. The van der Waals surface area contributed by atoms with Gasteiger partial charge < -0.3 is 30.8 Å². The Hall–Kier alpha value is -5.30. The number of alkyl halides is 2. The standard InChI is InChI=1S/C35H37F3N6O4/c1-4-6-30(26(36)5-2)48-23-7-8-29(20(3)13-23)44-35(40)25(18-41-44)34(46)28-14-22-15-31(47-19-32(37)38)24(16-27(22)42-28)21-9-11-43(12-10-21)33(45)17-39/h4-8,13-16,18,21,32,42H,2,9-12,17,19,39-40H2,1,3H3/b6-4-,30-26-. The number of piperidine rings is 1.